The van der Waals surface area contributed by atoms with Crippen molar-refractivity contribution in [1.29, 1.82) is 0 Å². The van der Waals surface area contributed by atoms with Crippen LogP contribution >= 0.6 is 0 Å². The first-order chi connectivity index (χ1) is 12.2. The third kappa shape index (κ3) is 4.49. The first-order valence-corrected chi connectivity index (χ1v) is 8.69. The van der Waals surface area contributed by atoms with Crippen LogP contribution in [-0.2, 0) is 11.2 Å². The lowest BCUT2D eigenvalue weighted by Crippen LogP contribution is -2.49. The van der Waals surface area contributed by atoms with E-state index in [0.717, 1.165) is 24.5 Å². The Morgan fingerprint density at radius 1 is 1.28 bits per heavy atom. The number of aromatic nitrogens is 2. The van der Waals surface area contributed by atoms with E-state index in [9.17, 15) is 4.79 Å². The van der Waals surface area contributed by atoms with Crippen molar-refractivity contribution in [3.8, 4) is 5.88 Å². The number of hydrogen-bond donors (Lipinski definition) is 0. The zero-order chi connectivity index (χ0) is 17.6. The van der Waals surface area contributed by atoms with Gasteiger partial charge in [0.2, 0.25) is 17.7 Å². The van der Waals surface area contributed by atoms with Crippen molar-refractivity contribution in [2.75, 3.05) is 37.7 Å². The van der Waals surface area contributed by atoms with Gasteiger partial charge in [-0.25, -0.2) is 4.98 Å². The van der Waals surface area contributed by atoms with Crippen molar-refractivity contribution in [1.82, 2.24) is 14.9 Å². The summed E-state index contributed by atoms with van der Waals surface area (Å²) in [5, 5.41) is 0. The quantitative estimate of drug-likeness (QED) is 0.799. The first kappa shape index (κ1) is 17.3. The van der Waals surface area contributed by atoms with Gasteiger partial charge in [0.1, 0.15) is 5.76 Å². The Labute approximate surface area is 147 Å². The van der Waals surface area contributed by atoms with Crippen LogP contribution in [0.15, 0.2) is 28.9 Å². The molecule has 0 N–H and O–H groups in total. The number of carbonyl (C=O) groups excluding carboxylic acids is 1. The Morgan fingerprint density at radius 2 is 2.08 bits per heavy atom. The van der Waals surface area contributed by atoms with E-state index in [1.165, 1.54) is 0 Å². The lowest BCUT2D eigenvalue weighted by molar-refractivity contribution is -0.131. The second kappa shape index (κ2) is 8.00. The number of amides is 1. The number of hydrogen-bond acceptors (Lipinski definition) is 6. The van der Waals surface area contributed by atoms with Crippen LogP contribution in [0.3, 0.4) is 0 Å². The number of rotatable bonds is 6. The predicted octanol–water partition coefficient (Wildman–Crippen LogP) is 2.06. The maximum atomic E-state index is 12.3. The van der Waals surface area contributed by atoms with Crippen molar-refractivity contribution in [2.24, 2.45) is 0 Å². The SMILES string of the molecule is CCOc1cc(C)nc(N2CCN(C(=O)CCc3ccco3)CC2)n1. The highest BCUT2D eigenvalue weighted by Gasteiger charge is 2.23. The summed E-state index contributed by atoms with van der Waals surface area (Å²) in [6, 6.07) is 5.58. The minimum Gasteiger partial charge on any atom is -0.478 e. The van der Waals surface area contributed by atoms with Crippen LogP contribution in [0.4, 0.5) is 5.95 Å². The van der Waals surface area contributed by atoms with E-state index in [4.69, 9.17) is 9.15 Å². The molecule has 134 valence electrons. The lowest BCUT2D eigenvalue weighted by atomic mass is 10.2. The summed E-state index contributed by atoms with van der Waals surface area (Å²) >= 11 is 0. The molecule has 7 nitrogen and oxygen atoms in total. The molecule has 3 heterocycles. The van der Waals surface area contributed by atoms with E-state index in [1.807, 2.05) is 36.9 Å². The summed E-state index contributed by atoms with van der Waals surface area (Å²) in [6.45, 7) is 7.25. The number of piperazine rings is 1. The molecule has 25 heavy (non-hydrogen) atoms. The molecule has 0 bridgehead atoms. The summed E-state index contributed by atoms with van der Waals surface area (Å²) in [6.07, 6.45) is 2.75. The predicted molar refractivity (Wildman–Crippen MR) is 93.8 cm³/mol. The highest BCUT2D eigenvalue weighted by Crippen LogP contribution is 2.17. The van der Waals surface area contributed by atoms with Gasteiger partial charge >= 0.3 is 0 Å². The molecule has 2 aromatic rings. The number of aryl methyl sites for hydroxylation is 2. The number of furan rings is 1. The first-order valence-electron chi connectivity index (χ1n) is 8.69. The van der Waals surface area contributed by atoms with Gasteiger partial charge in [-0.05, 0) is 26.0 Å². The van der Waals surface area contributed by atoms with Crippen molar-refractivity contribution in [2.45, 2.75) is 26.7 Å². The van der Waals surface area contributed by atoms with Crippen LogP contribution in [0.5, 0.6) is 5.88 Å². The molecular weight excluding hydrogens is 320 g/mol. The molecule has 0 spiro atoms. The van der Waals surface area contributed by atoms with Crippen molar-refractivity contribution >= 4 is 11.9 Å². The molecule has 7 heteroatoms. The van der Waals surface area contributed by atoms with Crippen LogP contribution in [0.1, 0.15) is 24.8 Å². The molecule has 0 radical (unpaired) electrons. The zero-order valence-electron chi connectivity index (χ0n) is 14.8. The maximum Gasteiger partial charge on any atom is 0.228 e. The maximum absolute atomic E-state index is 12.3. The van der Waals surface area contributed by atoms with E-state index < -0.39 is 0 Å². The molecule has 1 fully saturated rings. The molecule has 3 rings (SSSR count). The Balaban J connectivity index is 1.53. The van der Waals surface area contributed by atoms with Crippen LogP contribution in [0, 0.1) is 6.92 Å². The highest BCUT2D eigenvalue weighted by molar-refractivity contribution is 5.76. The van der Waals surface area contributed by atoms with Gasteiger partial charge in [-0.1, -0.05) is 0 Å². The largest absolute Gasteiger partial charge is 0.478 e. The molecular formula is C18H24N4O3. The van der Waals surface area contributed by atoms with Gasteiger partial charge in [0.15, 0.2) is 0 Å². The third-order valence-electron chi connectivity index (χ3n) is 4.19. The van der Waals surface area contributed by atoms with E-state index in [1.54, 1.807) is 6.26 Å². The Hall–Kier alpha value is -2.57. The van der Waals surface area contributed by atoms with Gasteiger partial charge in [0.25, 0.3) is 0 Å². The summed E-state index contributed by atoms with van der Waals surface area (Å²) in [7, 11) is 0. The Bertz CT molecular complexity index is 694. The molecule has 1 saturated heterocycles. The van der Waals surface area contributed by atoms with E-state index in [0.29, 0.717) is 44.4 Å². The summed E-state index contributed by atoms with van der Waals surface area (Å²) in [4.78, 5) is 25.3. The second-order valence-electron chi connectivity index (χ2n) is 6.03. The molecule has 1 aliphatic rings. The molecule has 0 saturated carbocycles. The van der Waals surface area contributed by atoms with Crippen LogP contribution in [-0.4, -0.2) is 53.6 Å². The summed E-state index contributed by atoms with van der Waals surface area (Å²) in [5.41, 5.74) is 0.880. The number of nitrogens with zero attached hydrogens (tertiary/aromatic N) is 4. The Morgan fingerprint density at radius 3 is 2.76 bits per heavy atom. The fourth-order valence-electron chi connectivity index (χ4n) is 2.89. The summed E-state index contributed by atoms with van der Waals surface area (Å²) in [5.74, 6) is 2.29. The second-order valence-corrected chi connectivity index (χ2v) is 6.03. The average molecular weight is 344 g/mol. The zero-order valence-corrected chi connectivity index (χ0v) is 14.8. The highest BCUT2D eigenvalue weighted by atomic mass is 16.5. The number of anilines is 1. The van der Waals surface area contributed by atoms with Gasteiger partial charge in [-0.15, -0.1) is 0 Å². The molecule has 0 unspecified atom stereocenters. The Kier molecular flexibility index (Phi) is 5.53. The van der Waals surface area contributed by atoms with Crippen LogP contribution in [0.2, 0.25) is 0 Å². The third-order valence-corrected chi connectivity index (χ3v) is 4.19. The number of carbonyl (C=O) groups is 1. The van der Waals surface area contributed by atoms with Crippen molar-refractivity contribution in [3.05, 3.63) is 35.9 Å². The van der Waals surface area contributed by atoms with Gasteiger partial charge in [0.05, 0.1) is 12.9 Å². The molecule has 0 aromatic carbocycles. The number of ether oxygens (including phenoxy) is 1. The van der Waals surface area contributed by atoms with Gasteiger partial charge in [0, 0.05) is 50.8 Å². The lowest BCUT2D eigenvalue weighted by Gasteiger charge is -2.35. The van der Waals surface area contributed by atoms with Gasteiger partial charge < -0.3 is 19.0 Å². The van der Waals surface area contributed by atoms with Crippen LogP contribution in [0.25, 0.3) is 0 Å². The molecule has 1 aliphatic heterocycles. The average Bonchev–Trinajstić information content (AvgIpc) is 3.13. The van der Waals surface area contributed by atoms with Gasteiger partial charge in [-0.3, -0.25) is 4.79 Å². The summed E-state index contributed by atoms with van der Waals surface area (Å²) < 4.78 is 10.8. The normalized spacial score (nSPS) is 14.6. The molecule has 0 aliphatic carbocycles. The topological polar surface area (TPSA) is 71.7 Å². The monoisotopic (exact) mass is 344 g/mol. The van der Waals surface area contributed by atoms with Crippen molar-refractivity contribution in [3.63, 3.8) is 0 Å². The molecule has 1 amide bonds. The van der Waals surface area contributed by atoms with E-state index in [2.05, 4.69) is 14.9 Å². The standard InChI is InChI=1S/C18H24N4O3/c1-3-24-16-13-14(2)19-18(20-16)22-10-8-21(9-11-22)17(23)7-6-15-5-4-12-25-15/h4-5,12-13H,3,6-11H2,1-2H3. The fraction of sp³-hybridized carbons (Fsp3) is 0.500. The fourth-order valence-corrected chi connectivity index (χ4v) is 2.89. The van der Waals surface area contributed by atoms with Gasteiger partial charge in [-0.2, -0.15) is 4.98 Å². The molecule has 2 aromatic heterocycles. The van der Waals surface area contributed by atoms with E-state index >= 15 is 0 Å². The molecule has 0 atom stereocenters. The van der Waals surface area contributed by atoms with Crippen LogP contribution < -0.4 is 9.64 Å². The smallest absolute Gasteiger partial charge is 0.228 e. The minimum atomic E-state index is 0.163. The van der Waals surface area contributed by atoms with Crippen molar-refractivity contribution < 1.29 is 13.9 Å². The minimum absolute atomic E-state index is 0.163. The van der Waals surface area contributed by atoms with E-state index in [-0.39, 0.29) is 5.91 Å².